The predicted octanol–water partition coefficient (Wildman–Crippen LogP) is 4.95. The van der Waals surface area contributed by atoms with Crippen LogP contribution < -0.4 is 16.0 Å². The average Bonchev–Trinajstić information content (AvgIpc) is 2.78. The van der Waals surface area contributed by atoms with Crippen LogP contribution in [0.2, 0.25) is 0 Å². The van der Waals surface area contributed by atoms with Gasteiger partial charge in [0.1, 0.15) is 0 Å². The number of carbonyl (C=O) groups excluding carboxylic acids is 3. The van der Waals surface area contributed by atoms with E-state index < -0.39 is 12.0 Å². The maximum absolute atomic E-state index is 12.7. The van der Waals surface area contributed by atoms with E-state index in [0.29, 0.717) is 29.1 Å². The normalized spacial score (nSPS) is 15.7. The number of amides is 4. The van der Waals surface area contributed by atoms with Crippen LogP contribution in [0, 0.1) is 6.92 Å². The SMILES string of the molecule is CCCN1C(=O)NC(c2ccc(NC(=O)Nc3ccccc3C)cc2)C(C(=O)OCC)=C1C. The third kappa shape index (κ3) is 5.52. The van der Waals surface area contributed by atoms with Crippen molar-refractivity contribution in [2.24, 2.45) is 0 Å². The van der Waals surface area contributed by atoms with Crippen LogP contribution in [-0.2, 0) is 9.53 Å². The number of anilines is 2. The van der Waals surface area contributed by atoms with Gasteiger partial charge >= 0.3 is 18.0 Å². The highest BCUT2D eigenvalue weighted by molar-refractivity contribution is 6.00. The van der Waals surface area contributed by atoms with Gasteiger partial charge in [-0.05, 0) is 56.5 Å². The molecule has 174 valence electrons. The van der Waals surface area contributed by atoms with E-state index in [-0.39, 0.29) is 18.7 Å². The summed E-state index contributed by atoms with van der Waals surface area (Å²) >= 11 is 0. The standard InChI is InChI=1S/C25H30N4O4/c1-5-15-29-17(4)21(23(30)33-6-2)22(28-25(29)32)18-11-13-19(14-12-18)26-24(31)27-20-10-8-7-9-16(20)3/h7-14,22H,5-6,15H2,1-4H3,(H,28,32)(H2,26,27,31). The maximum Gasteiger partial charge on any atom is 0.338 e. The monoisotopic (exact) mass is 450 g/mol. The number of rotatable bonds is 7. The molecule has 1 aliphatic rings. The Bertz CT molecular complexity index is 1060. The Morgan fingerprint density at radius 1 is 1.03 bits per heavy atom. The third-order valence-electron chi connectivity index (χ3n) is 5.43. The summed E-state index contributed by atoms with van der Waals surface area (Å²) in [6.07, 6.45) is 0.760. The number of para-hydroxylation sites is 1. The first-order chi connectivity index (χ1) is 15.8. The van der Waals surface area contributed by atoms with Gasteiger partial charge < -0.3 is 20.7 Å². The van der Waals surface area contributed by atoms with E-state index in [1.165, 1.54) is 0 Å². The zero-order valence-corrected chi connectivity index (χ0v) is 19.4. The lowest BCUT2D eigenvalue weighted by Crippen LogP contribution is -2.48. The van der Waals surface area contributed by atoms with E-state index in [1.54, 1.807) is 43.0 Å². The minimum atomic E-state index is -0.639. The summed E-state index contributed by atoms with van der Waals surface area (Å²) in [5, 5.41) is 8.53. The molecule has 0 saturated carbocycles. The van der Waals surface area contributed by atoms with E-state index in [1.807, 2.05) is 38.1 Å². The molecule has 0 bridgehead atoms. The summed E-state index contributed by atoms with van der Waals surface area (Å²) in [6.45, 7) is 8.14. The number of ether oxygens (including phenoxy) is 1. The van der Waals surface area contributed by atoms with Gasteiger partial charge in [-0.15, -0.1) is 0 Å². The number of esters is 1. The van der Waals surface area contributed by atoms with Crippen molar-refractivity contribution in [3.05, 3.63) is 70.9 Å². The molecule has 0 aliphatic carbocycles. The molecule has 0 spiro atoms. The largest absolute Gasteiger partial charge is 0.463 e. The Labute approximate surface area is 194 Å². The summed E-state index contributed by atoms with van der Waals surface area (Å²) in [5.74, 6) is -0.457. The lowest BCUT2D eigenvalue weighted by molar-refractivity contribution is -0.139. The van der Waals surface area contributed by atoms with Crippen molar-refractivity contribution < 1.29 is 19.1 Å². The van der Waals surface area contributed by atoms with Gasteiger partial charge in [0, 0.05) is 23.6 Å². The minimum absolute atomic E-state index is 0.239. The van der Waals surface area contributed by atoms with Gasteiger partial charge in [0.2, 0.25) is 0 Å². The molecule has 33 heavy (non-hydrogen) atoms. The van der Waals surface area contributed by atoms with E-state index in [0.717, 1.165) is 17.7 Å². The fourth-order valence-electron chi connectivity index (χ4n) is 3.75. The van der Waals surface area contributed by atoms with Gasteiger partial charge in [0.05, 0.1) is 18.2 Å². The van der Waals surface area contributed by atoms with E-state index in [9.17, 15) is 14.4 Å². The van der Waals surface area contributed by atoms with Crippen molar-refractivity contribution in [2.45, 2.75) is 40.2 Å². The van der Waals surface area contributed by atoms with E-state index in [4.69, 9.17) is 4.74 Å². The average molecular weight is 451 g/mol. The molecule has 1 heterocycles. The Hall–Kier alpha value is -3.81. The topological polar surface area (TPSA) is 99.8 Å². The lowest BCUT2D eigenvalue weighted by Gasteiger charge is -2.35. The van der Waals surface area contributed by atoms with Crippen LogP contribution in [0.4, 0.5) is 21.0 Å². The van der Waals surface area contributed by atoms with Crippen LogP contribution >= 0.6 is 0 Å². The van der Waals surface area contributed by atoms with Crippen LogP contribution in [0.1, 0.15) is 44.4 Å². The number of urea groups is 2. The summed E-state index contributed by atoms with van der Waals surface area (Å²) in [6, 6.07) is 13.3. The lowest BCUT2D eigenvalue weighted by atomic mass is 9.94. The number of nitrogens with zero attached hydrogens (tertiary/aromatic N) is 1. The number of aryl methyl sites for hydroxylation is 1. The number of allylic oxidation sites excluding steroid dienone is 1. The van der Waals surface area contributed by atoms with E-state index in [2.05, 4.69) is 16.0 Å². The minimum Gasteiger partial charge on any atom is -0.463 e. The van der Waals surface area contributed by atoms with Crippen molar-refractivity contribution in [3.8, 4) is 0 Å². The highest BCUT2D eigenvalue weighted by Crippen LogP contribution is 2.32. The number of hydrogen-bond donors (Lipinski definition) is 3. The molecule has 0 fully saturated rings. The van der Waals surface area contributed by atoms with Crippen molar-refractivity contribution in [1.82, 2.24) is 10.2 Å². The van der Waals surface area contributed by atoms with Gasteiger partial charge in [0.15, 0.2) is 0 Å². The van der Waals surface area contributed by atoms with Crippen LogP contribution in [-0.4, -0.2) is 36.1 Å². The summed E-state index contributed by atoms with van der Waals surface area (Å²) in [5.41, 5.74) is 3.98. The second-order valence-corrected chi connectivity index (χ2v) is 7.77. The van der Waals surface area contributed by atoms with Crippen molar-refractivity contribution in [2.75, 3.05) is 23.8 Å². The summed E-state index contributed by atoms with van der Waals surface area (Å²) < 4.78 is 5.27. The molecule has 0 aromatic heterocycles. The molecule has 1 atom stereocenters. The second kappa shape index (κ2) is 10.7. The molecule has 0 radical (unpaired) electrons. The molecular weight excluding hydrogens is 420 g/mol. The van der Waals surface area contributed by atoms with Crippen LogP contribution in [0.3, 0.4) is 0 Å². The maximum atomic E-state index is 12.7. The Morgan fingerprint density at radius 2 is 1.73 bits per heavy atom. The molecule has 0 saturated heterocycles. The Balaban J connectivity index is 1.80. The number of benzene rings is 2. The highest BCUT2D eigenvalue weighted by Gasteiger charge is 2.36. The predicted molar refractivity (Wildman–Crippen MR) is 128 cm³/mol. The van der Waals surface area contributed by atoms with Crippen molar-refractivity contribution in [3.63, 3.8) is 0 Å². The molecule has 2 aromatic rings. The second-order valence-electron chi connectivity index (χ2n) is 7.77. The first-order valence-electron chi connectivity index (χ1n) is 11.0. The quantitative estimate of drug-likeness (QED) is 0.520. The molecule has 1 aliphatic heterocycles. The fraction of sp³-hybridized carbons (Fsp3) is 0.320. The van der Waals surface area contributed by atoms with E-state index >= 15 is 0 Å². The summed E-state index contributed by atoms with van der Waals surface area (Å²) in [7, 11) is 0. The number of hydrogen-bond acceptors (Lipinski definition) is 4. The van der Waals surface area contributed by atoms with Crippen LogP contribution in [0.25, 0.3) is 0 Å². The van der Waals surface area contributed by atoms with Gasteiger partial charge in [-0.3, -0.25) is 4.90 Å². The molecular formula is C25H30N4O4. The zero-order chi connectivity index (χ0) is 24.0. The molecule has 8 heteroatoms. The molecule has 3 N–H and O–H groups in total. The first-order valence-corrected chi connectivity index (χ1v) is 11.0. The van der Waals surface area contributed by atoms with Crippen LogP contribution in [0.15, 0.2) is 59.8 Å². The van der Waals surface area contributed by atoms with Gasteiger partial charge in [-0.25, -0.2) is 14.4 Å². The van der Waals surface area contributed by atoms with Gasteiger partial charge in [-0.1, -0.05) is 37.3 Å². The molecule has 2 aromatic carbocycles. The Kier molecular flexibility index (Phi) is 7.71. The smallest absolute Gasteiger partial charge is 0.338 e. The first kappa shape index (κ1) is 23.8. The third-order valence-corrected chi connectivity index (χ3v) is 5.43. The summed E-state index contributed by atoms with van der Waals surface area (Å²) in [4.78, 5) is 39.3. The van der Waals surface area contributed by atoms with Gasteiger partial charge in [0.25, 0.3) is 0 Å². The van der Waals surface area contributed by atoms with Crippen molar-refractivity contribution in [1.29, 1.82) is 0 Å². The highest BCUT2D eigenvalue weighted by atomic mass is 16.5. The number of nitrogens with one attached hydrogen (secondary N) is 3. The van der Waals surface area contributed by atoms with Crippen molar-refractivity contribution >= 4 is 29.4 Å². The molecule has 1 unspecified atom stereocenters. The molecule has 4 amide bonds. The molecule has 3 rings (SSSR count). The Morgan fingerprint density at radius 3 is 2.36 bits per heavy atom. The molecule has 8 nitrogen and oxygen atoms in total. The fourth-order valence-corrected chi connectivity index (χ4v) is 3.75. The zero-order valence-electron chi connectivity index (χ0n) is 19.4. The van der Waals surface area contributed by atoms with Crippen LogP contribution in [0.5, 0.6) is 0 Å². The van der Waals surface area contributed by atoms with Gasteiger partial charge in [-0.2, -0.15) is 0 Å². The number of carbonyl (C=O) groups is 3.